The van der Waals surface area contributed by atoms with Crippen molar-refractivity contribution in [2.24, 2.45) is 0 Å². The number of carbonyl (C=O) groups excluding carboxylic acids is 1. The van der Waals surface area contributed by atoms with Gasteiger partial charge in [-0.05, 0) is 20.0 Å². The molecule has 0 heterocycles. The van der Waals surface area contributed by atoms with Crippen LogP contribution < -0.4 is 5.32 Å². The van der Waals surface area contributed by atoms with E-state index in [0.717, 1.165) is 6.54 Å². The lowest BCUT2D eigenvalue weighted by Crippen LogP contribution is -2.04. The molecule has 2 heteroatoms. The van der Waals surface area contributed by atoms with Crippen molar-refractivity contribution in [3.05, 3.63) is 12.2 Å². The van der Waals surface area contributed by atoms with E-state index in [1.54, 1.807) is 12.2 Å². The quantitative estimate of drug-likeness (QED) is 0.535. The van der Waals surface area contributed by atoms with E-state index in [0.29, 0.717) is 0 Å². The molecule has 0 atom stereocenters. The van der Waals surface area contributed by atoms with Crippen molar-refractivity contribution >= 4 is 5.78 Å². The Hall–Kier alpha value is -0.630. The van der Waals surface area contributed by atoms with Gasteiger partial charge in [-0.25, -0.2) is 0 Å². The van der Waals surface area contributed by atoms with Crippen LogP contribution in [0, 0.1) is 0 Å². The number of carbonyl (C=O) groups is 1. The molecule has 0 saturated carbocycles. The Morgan fingerprint density at radius 2 is 2.38 bits per heavy atom. The van der Waals surface area contributed by atoms with Crippen molar-refractivity contribution in [2.45, 2.75) is 6.92 Å². The highest BCUT2D eigenvalue weighted by Gasteiger charge is 1.77. The highest BCUT2D eigenvalue weighted by Crippen LogP contribution is 1.71. The van der Waals surface area contributed by atoms with Gasteiger partial charge in [0.15, 0.2) is 5.78 Å². The molecule has 8 heavy (non-hydrogen) atoms. The molecule has 0 rings (SSSR count). The van der Waals surface area contributed by atoms with E-state index in [1.165, 1.54) is 6.92 Å². The van der Waals surface area contributed by atoms with Crippen LogP contribution in [0.4, 0.5) is 0 Å². The van der Waals surface area contributed by atoms with Crippen LogP contribution in [-0.2, 0) is 4.79 Å². The van der Waals surface area contributed by atoms with Crippen LogP contribution in [0.15, 0.2) is 12.2 Å². The maximum atomic E-state index is 10.2. The molecular formula is C6H11NO. The molecular weight excluding hydrogens is 102 g/mol. The van der Waals surface area contributed by atoms with Gasteiger partial charge in [-0.2, -0.15) is 0 Å². The van der Waals surface area contributed by atoms with Gasteiger partial charge in [0.1, 0.15) is 0 Å². The SMILES string of the molecule is CNC/C=C/C(C)=O. The Morgan fingerprint density at radius 1 is 1.75 bits per heavy atom. The molecule has 0 aliphatic heterocycles. The first-order valence-corrected chi connectivity index (χ1v) is 2.59. The Balaban J connectivity index is 3.20. The summed E-state index contributed by atoms with van der Waals surface area (Å²) in [7, 11) is 1.84. The van der Waals surface area contributed by atoms with E-state index in [4.69, 9.17) is 0 Å². The summed E-state index contributed by atoms with van der Waals surface area (Å²) in [4.78, 5) is 10.2. The average Bonchev–Trinajstić information content (AvgIpc) is 1.66. The van der Waals surface area contributed by atoms with Crippen LogP contribution in [0.5, 0.6) is 0 Å². The van der Waals surface area contributed by atoms with E-state index in [9.17, 15) is 4.79 Å². The van der Waals surface area contributed by atoms with Crippen LogP contribution in [-0.4, -0.2) is 19.4 Å². The number of rotatable bonds is 3. The van der Waals surface area contributed by atoms with E-state index in [2.05, 4.69) is 5.32 Å². The fraction of sp³-hybridized carbons (Fsp3) is 0.500. The Labute approximate surface area is 49.6 Å². The van der Waals surface area contributed by atoms with E-state index >= 15 is 0 Å². The zero-order valence-electron chi connectivity index (χ0n) is 5.27. The zero-order chi connectivity index (χ0) is 6.41. The molecule has 0 aromatic heterocycles. The predicted octanol–water partition coefficient (Wildman–Crippen LogP) is 0.351. The summed E-state index contributed by atoms with van der Waals surface area (Å²) in [5.74, 6) is 0.0975. The van der Waals surface area contributed by atoms with E-state index < -0.39 is 0 Å². The largest absolute Gasteiger partial charge is 0.316 e. The molecule has 1 N–H and O–H groups in total. The van der Waals surface area contributed by atoms with Crippen molar-refractivity contribution < 1.29 is 4.79 Å². The predicted molar refractivity (Wildman–Crippen MR) is 33.7 cm³/mol. The van der Waals surface area contributed by atoms with Gasteiger partial charge in [0.2, 0.25) is 0 Å². The summed E-state index contributed by atoms with van der Waals surface area (Å²) >= 11 is 0. The summed E-state index contributed by atoms with van der Waals surface area (Å²) in [6, 6.07) is 0. The van der Waals surface area contributed by atoms with Crippen molar-refractivity contribution in [3.8, 4) is 0 Å². The van der Waals surface area contributed by atoms with Gasteiger partial charge >= 0.3 is 0 Å². The van der Waals surface area contributed by atoms with Gasteiger partial charge in [0, 0.05) is 6.54 Å². The Morgan fingerprint density at radius 3 is 2.75 bits per heavy atom. The Bertz CT molecular complexity index is 96.7. The molecule has 0 saturated heterocycles. The lowest BCUT2D eigenvalue weighted by Gasteiger charge is -1.83. The van der Waals surface area contributed by atoms with Crippen molar-refractivity contribution in [2.75, 3.05) is 13.6 Å². The summed E-state index contributed by atoms with van der Waals surface area (Å²) in [6.07, 6.45) is 3.35. The minimum atomic E-state index is 0.0975. The monoisotopic (exact) mass is 113 g/mol. The van der Waals surface area contributed by atoms with Gasteiger partial charge < -0.3 is 5.32 Å². The van der Waals surface area contributed by atoms with Gasteiger partial charge in [0.05, 0.1) is 0 Å². The minimum Gasteiger partial charge on any atom is -0.316 e. The summed E-state index contributed by atoms with van der Waals surface area (Å²) in [5.41, 5.74) is 0. The van der Waals surface area contributed by atoms with Gasteiger partial charge in [-0.3, -0.25) is 4.79 Å². The standard InChI is InChI=1S/C6H11NO/c1-6(8)4-3-5-7-2/h3-4,7H,5H2,1-2H3/b4-3+. The van der Waals surface area contributed by atoms with Gasteiger partial charge in [0.25, 0.3) is 0 Å². The van der Waals surface area contributed by atoms with Crippen molar-refractivity contribution in [1.82, 2.24) is 5.32 Å². The lowest BCUT2D eigenvalue weighted by atomic mass is 10.4. The summed E-state index contributed by atoms with van der Waals surface area (Å²) < 4.78 is 0. The van der Waals surface area contributed by atoms with Gasteiger partial charge in [-0.1, -0.05) is 6.08 Å². The molecule has 0 unspecified atom stereocenters. The number of hydrogen-bond acceptors (Lipinski definition) is 2. The van der Waals surface area contributed by atoms with E-state index in [1.807, 2.05) is 7.05 Å². The third-order valence-corrected chi connectivity index (χ3v) is 0.675. The third-order valence-electron chi connectivity index (χ3n) is 0.675. The smallest absolute Gasteiger partial charge is 0.152 e. The zero-order valence-corrected chi connectivity index (χ0v) is 5.27. The van der Waals surface area contributed by atoms with Crippen LogP contribution in [0.3, 0.4) is 0 Å². The molecule has 0 amide bonds. The van der Waals surface area contributed by atoms with Crippen molar-refractivity contribution in [1.29, 1.82) is 0 Å². The first kappa shape index (κ1) is 7.37. The number of allylic oxidation sites excluding steroid dienone is 1. The lowest BCUT2D eigenvalue weighted by molar-refractivity contribution is -0.112. The summed E-state index contributed by atoms with van der Waals surface area (Å²) in [5, 5.41) is 2.88. The topological polar surface area (TPSA) is 29.1 Å². The normalized spacial score (nSPS) is 10.2. The number of hydrogen-bond donors (Lipinski definition) is 1. The molecule has 0 radical (unpaired) electrons. The molecule has 0 fully saturated rings. The highest BCUT2D eigenvalue weighted by molar-refractivity contribution is 5.87. The minimum absolute atomic E-state index is 0.0975. The Kier molecular flexibility index (Phi) is 4.17. The first-order valence-electron chi connectivity index (χ1n) is 2.59. The third kappa shape index (κ3) is 5.37. The molecule has 0 aliphatic carbocycles. The molecule has 0 spiro atoms. The van der Waals surface area contributed by atoms with Crippen LogP contribution in [0.2, 0.25) is 0 Å². The second-order valence-corrected chi connectivity index (χ2v) is 1.57. The molecule has 2 nitrogen and oxygen atoms in total. The van der Waals surface area contributed by atoms with Crippen LogP contribution in [0.25, 0.3) is 0 Å². The van der Waals surface area contributed by atoms with Crippen LogP contribution in [0.1, 0.15) is 6.92 Å². The molecule has 0 aromatic rings. The molecule has 46 valence electrons. The first-order chi connectivity index (χ1) is 3.77. The van der Waals surface area contributed by atoms with E-state index in [-0.39, 0.29) is 5.78 Å². The maximum Gasteiger partial charge on any atom is 0.152 e. The second kappa shape index (κ2) is 4.53. The van der Waals surface area contributed by atoms with Crippen molar-refractivity contribution in [3.63, 3.8) is 0 Å². The molecule has 0 aliphatic rings. The van der Waals surface area contributed by atoms with Crippen LogP contribution >= 0.6 is 0 Å². The molecule has 0 aromatic carbocycles. The average molecular weight is 113 g/mol. The fourth-order valence-electron chi connectivity index (χ4n) is 0.343. The second-order valence-electron chi connectivity index (χ2n) is 1.57. The number of nitrogens with one attached hydrogen (secondary N) is 1. The number of ketones is 1. The highest BCUT2D eigenvalue weighted by atomic mass is 16.1. The fourth-order valence-corrected chi connectivity index (χ4v) is 0.343. The molecule has 0 bridgehead atoms. The maximum absolute atomic E-state index is 10.2. The van der Waals surface area contributed by atoms with Gasteiger partial charge in [-0.15, -0.1) is 0 Å². The summed E-state index contributed by atoms with van der Waals surface area (Å²) in [6.45, 7) is 2.30. The number of likely N-dealkylation sites (N-methyl/N-ethyl adjacent to an activating group) is 1.